The van der Waals surface area contributed by atoms with Gasteiger partial charge in [0.1, 0.15) is 5.82 Å². The van der Waals surface area contributed by atoms with Gasteiger partial charge >= 0.3 is 0 Å². The molecule has 0 aliphatic rings. The number of hydrogen-bond donors (Lipinski definition) is 0. The molecule has 4 aromatic rings. The Hall–Kier alpha value is -2.46. The van der Waals surface area contributed by atoms with Crippen LogP contribution in [0.2, 0.25) is 0 Å². The zero-order valence-electron chi connectivity index (χ0n) is 15.5. The van der Waals surface area contributed by atoms with Crippen LogP contribution >= 0.6 is 7.92 Å². The largest absolute Gasteiger partial charge is 0.207 e. The van der Waals surface area contributed by atoms with E-state index in [1.165, 1.54) is 28.0 Å². The Bertz CT molecular complexity index is 1070. The molecule has 4 rings (SSSR count). The average molecular weight is 577 g/mol. The second kappa shape index (κ2) is 10.4. The monoisotopic (exact) mass is 577 g/mol. The molecule has 0 saturated heterocycles. The molecule has 0 aromatic heterocycles. The van der Waals surface area contributed by atoms with Crippen molar-refractivity contribution in [2.24, 2.45) is 0 Å². The van der Waals surface area contributed by atoms with Gasteiger partial charge in [-0.25, -0.2) is 4.39 Å². The SMILES string of the molecule is Fc1ccc(C#Cc2ccccc2P(c2ccccc2)c2ccccc2)cc1.[Au]. The number of hydrogen-bond acceptors (Lipinski definition) is 0. The van der Waals surface area contributed by atoms with Crippen molar-refractivity contribution in [3.05, 3.63) is 126 Å². The van der Waals surface area contributed by atoms with E-state index >= 15 is 0 Å². The summed E-state index contributed by atoms with van der Waals surface area (Å²) in [7, 11) is -0.715. The molecule has 0 amide bonds. The van der Waals surface area contributed by atoms with E-state index in [1.807, 2.05) is 18.2 Å². The summed E-state index contributed by atoms with van der Waals surface area (Å²) < 4.78 is 13.1. The molecule has 29 heavy (non-hydrogen) atoms. The van der Waals surface area contributed by atoms with Crippen LogP contribution in [0.1, 0.15) is 11.1 Å². The van der Waals surface area contributed by atoms with Crippen LogP contribution in [0.3, 0.4) is 0 Å². The second-order valence-corrected chi connectivity index (χ2v) is 8.47. The minimum atomic E-state index is -0.715. The quantitative estimate of drug-likeness (QED) is 0.183. The van der Waals surface area contributed by atoms with Crippen molar-refractivity contribution in [3.63, 3.8) is 0 Å². The number of benzene rings is 4. The molecule has 0 fully saturated rings. The number of halogens is 1. The van der Waals surface area contributed by atoms with Crippen LogP contribution in [-0.4, -0.2) is 0 Å². The van der Waals surface area contributed by atoms with E-state index in [-0.39, 0.29) is 28.2 Å². The molecule has 1 radical (unpaired) electrons. The summed E-state index contributed by atoms with van der Waals surface area (Å²) in [6.45, 7) is 0. The maximum absolute atomic E-state index is 13.1. The van der Waals surface area contributed by atoms with Gasteiger partial charge in [-0.3, -0.25) is 0 Å². The van der Waals surface area contributed by atoms with Crippen LogP contribution in [0.4, 0.5) is 4.39 Å². The fourth-order valence-corrected chi connectivity index (χ4v) is 5.43. The smallest absolute Gasteiger partial charge is 0.123 e. The van der Waals surface area contributed by atoms with Crippen LogP contribution in [0.25, 0.3) is 0 Å². The predicted molar refractivity (Wildman–Crippen MR) is 118 cm³/mol. The summed E-state index contributed by atoms with van der Waals surface area (Å²) in [4.78, 5) is 0. The van der Waals surface area contributed by atoms with Gasteiger partial charge in [-0.2, -0.15) is 0 Å². The molecule has 0 unspecified atom stereocenters. The maximum Gasteiger partial charge on any atom is 0.123 e. The molecule has 3 heteroatoms. The van der Waals surface area contributed by atoms with E-state index < -0.39 is 7.92 Å². The molecule has 0 bridgehead atoms. The van der Waals surface area contributed by atoms with Crippen LogP contribution in [0, 0.1) is 17.7 Å². The molecule has 0 aliphatic carbocycles. The minimum absolute atomic E-state index is 0. The van der Waals surface area contributed by atoms with Crippen molar-refractivity contribution < 1.29 is 26.8 Å². The van der Waals surface area contributed by atoms with E-state index in [4.69, 9.17) is 0 Å². The van der Waals surface area contributed by atoms with Gasteiger partial charge in [0.25, 0.3) is 0 Å². The first-order chi connectivity index (χ1) is 13.8. The van der Waals surface area contributed by atoms with E-state index in [9.17, 15) is 4.39 Å². The van der Waals surface area contributed by atoms with E-state index in [0.29, 0.717) is 0 Å². The van der Waals surface area contributed by atoms with Crippen molar-refractivity contribution >= 4 is 23.8 Å². The van der Waals surface area contributed by atoms with Gasteiger partial charge < -0.3 is 0 Å². The summed E-state index contributed by atoms with van der Waals surface area (Å²) in [5.41, 5.74) is 1.81. The molecule has 4 aromatic carbocycles. The third kappa shape index (κ3) is 5.33. The molecule has 0 nitrogen and oxygen atoms in total. The Morgan fingerprint density at radius 3 is 1.66 bits per heavy atom. The summed E-state index contributed by atoms with van der Waals surface area (Å²) in [5.74, 6) is 6.25. The molecule has 0 N–H and O–H groups in total. The fraction of sp³-hybridized carbons (Fsp3) is 0. The average Bonchev–Trinajstić information content (AvgIpc) is 2.76. The third-order valence-corrected chi connectivity index (χ3v) is 6.86. The maximum atomic E-state index is 13.1. The van der Waals surface area contributed by atoms with Gasteiger partial charge in [-0.15, -0.1) is 0 Å². The van der Waals surface area contributed by atoms with Gasteiger partial charge in [-0.05, 0) is 48.9 Å². The molecule has 0 saturated carbocycles. The molecule has 0 atom stereocenters. The van der Waals surface area contributed by atoms with E-state index in [0.717, 1.165) is 11.1 Å². The van der Waals surface area contributed by atoms with Crippen LogP contribution < -0.4 is 15.9 Å². The first kappa shape index (κ1) is 21.3. The van der Waals surface area contributed by atoms with Gasteiger partial charge in [0.05, 0.1) is 0 Å². The summed E-state index contributed by atoms with van der Waals surface area (Å²) in [6.07, 6.45) is 0. The first-order valence-electron chi connectivity index (χ1n) is 9.08. The molecular weight excluding hydrogens is 559 g/mol. The summed E-state index contributed by atoms with van der Waals surface area (Å²) >= 11 is 0. The van der Waals surface area contributed by atoms with Crippen molar-refractivity contribution in [1.29, 1.82) is 0 Å². The molecule has 0 aliphatic heterocycles. The van der Waals surface area contributed by atoms with Crippen LogP contribution in [0.5, 0.6) is 0 Å². The molecule has 0 spiro atoms. The van der Waals surface area contributed by atoms with Gasteiger partial charge in [0, 0.05) is 38.8 Å². The summed E-state index contributed by atoms with van der Waals surface area (Å²) in [5, 5.41) is 3.81. The Balaban J connectivity index is 0.00000240. The first-order valence-corrected chi connectivity index (χ1v) is 10.4. The Morgan fingerprint density at radius 1 is 0.552 bits per heavy atom. The zero-order chi connectivity index (χ0) is 19.2. The van der Waals surface area contributed by atoms with Crippen molar-refractivity contribution in [3.8, 4) is 11.8 Å². The van der Waals surface area contributed by atoms with Gasteiger partial charge in [0.2, 0.25) is 0 Å². The Labute approximate surface area is 188 Å². The van der Waals surface area contributed by atoms with E-state index in [1.54, 1.807) is 12.1 Å². The van der Waals surface area contributed by atoms with E-state index in [2.05, 4.69) is 78.6 Å². The van der Waals surface area contributed by atoms with Crippen molar-refractivity contribution in [2.45, 2.75) is 0 Å². The van der Waals surface area contributed by atoms with Gasteiger partial charge in [-0.1, -0.05) is 90.7 Å². The predicted octanol–water partition coefficient (Wildman–Crippen LogP) is 4.98. The molecule has 145 valence electrons. The normalized spacial score (nSPS) is 10.0. The Morgan fingerprint density at radius 2 is 1.07 bits per heavy atom. The zero-order valence-corrected chi connectivity index (χ0v) is 18.6. The van der Waals surface area contributed by atoms with Crippen molar-refractivity contribution in [1.82, 2.24) is 0 Å². The van der Waals surface area contributed by atoms with Crippen LogP contribution in [0.15, 0.2) is 109 Å². The van der Waals surface area contributed by atoms with Crippen LogP contribution in [-0.2, 0) is 22.4 Å². The Kier molecular flexibility index (Phi) is 7.59. The molecular formula is C26H18AuFP. The standard InChI is InChI=1S/C26H18FP.Au/c27-23-19-16-21(17-20-23)15-18-22-9-7-8-14-26(22)28(24-10-3-1-4-11-24)25-12-5-2-6-13-25;/h1-14,16-17,19-20H;. The second-order valence-electron chi connectivity index (χ2n) is 6.28. The third-order valence-electron chi connectivity index (χ3n) is 4.36. The number of rotatable bonds is 3. The van der Waals surface area contributed by atoms with Crippen molar-refractivity contribution in [2.75, 3.05) is 0 Å². The molecule has 0 heterocycles. The minimum Gasteiger partial charge on any atom is -0.207 e. The summed E-state index contributed by atoms with van der Waals surface area (Å²) in [6, 6.07) is 35.8. The fourth-order valence-electron chi connectivity index (χ4n) is 3.03. The van der Waals surface area contributed by atoms with Gasteiger partial charge in [0.15, 0.2) is 0 Å². The topological polar surface area (TPSA) is 0 Å².